The average Bonchev–Trinajstić information content (AvgIpc) is 3.39. The fraction of sp³-hybridized carbons (Fsp3) is 0.409. The SMILES string of the molecule is CC(=O)N1CCc2cc(C(=O)N3CCCC(C)(c4ccnc5ncnn45)C3)ccc21. The normalized spacial score (nSPS) is 21.1. The van der Waals surface area contributed by atoms with E-state index in [2.05, 4.69) is 22.0 Å². The monoisotopic (exact) mass is 404 g/mol. The third-order valence-corrected chi connectivity index (χ3v) is 6.38. The van der Waals surface area contributed by atoms with Crippen LogP contribution in [0.25, 0.3) is 5.78 Å². The summed E-state index contributed by atoms with van der Waals surface area (Å²) < 4.78 is 1.78. The molecular weight excluding hydrogens is 380 g/mol. The van der Waals surface area contributed by atoms with Gasteiger partial charge in [-0.05, 0) is 49.1 Å². The summed E-state index contributed by atoms with van der Waals surface area (Å²) in [6, 6.07) is 7.67. The van der Waals surface area contributed by atoms with E-state index in [0.717, 1.165) is 42.8 Å². The van der Waals surface area contributed by atoms with Crippen LogP contribution in [0.3, 0.4) is 0 Å². The molecule has 2 aliphatic heterocycles. The van der Waals surface area contributed by atoms with Gasteiger partial charge in [0.1, 0.15) is 6.33 Å². The fourth-order valence-corrected chi connectivity index (χ4v) is 4.86. The number of aromatic nitrogens is 4. The molecule has 0 bridgehead atoms. The predicted octanol–water partition coefficient (Wildman–Crippen LogP) is 2.23. The Bertz CT molecular complexity index is 1160. The van der Waals surface area contributed by atoms with Crippen LogP contribution < -0.4 is 4.90 Å². The van der Waals surface area contributed by atoms with Crippen LogP contribution >= 0.6 is 0 Å². The van der Waals surface area contributed by atoms with E-state index in [9.17, 15) is 9.59 Å². The molecule has 4 heterocycles. The molecule has 154 valence electrons. The zero-order valence-electron chi connectivity index (χ0n) is 17.2. The predicted molar refractivity (Wildman–Crippen MR) is 111 cm³/mol. The highest BCUT2D eigenvalue weighted by molar-refractivity contribution is 5.98. The summed E-state index contributed by atoms with van der Waals surface area (Å²) >= 11 is 0. The fourth-order valence-electron chi connectivity index (χ4n) is 4.86. The maximum Gasteiger partial charge on any atom is 0.253 e. The summed E-state index contributed by atoms with van der Waals surface area (Å²) in [7, 11) is 0. The minimum Gasteiger partial charge on any atom is -0.338 e. The molecule has 1 atom stereocenters. The summed E-state index contributed by atoms with van der Waals surface area (Å²) in [5.74, 6) is 0.649. The highest BCUT2D eigenvalue weighted by Crippen LogP contribution is 2.35. The van der Waals surface area contributed by atoms with Crippen molar-refractivity contribution in [2.75, 3.05) is 24.5 Å². The molecule has 0 saturated carbocycles. The minimum atomic E-state index is -0.231. The zero-order valence-corrected chi connectivity index (χ0v) is 17.2. The quantitative estimate of drug-likeness (QED) is 0.654. The third kappa shape index (κ3) is 2.94. The highest BCUT2D eigenvalue weighted by Gasteiger charge is 2.37. The maximum atomic E-state index is 13.3. The van der Waals surface area contributed by atoms with Crippen LogP contribution in [0.2, 0.25) is 0 Å². The average molecular weight is 404 g/mol. The molecule has 8 nitrogen and oxygen atoms in total. The van der Waals surface area contributed by atoms with Crippen LogP contribution in [-0.2, 0) is 16.6 Å². The molecule has 30 heavy (non-hydrogen) atoms. The first-order valence-corrected chi connectivity index (χ1v) is 10.3. The lowest BCUT2D eigenvalue weighted by Crippen LogP contribution is -2.47. The van der Waals surface area contributed by atoms with Gasteiger partial charge in [0.25, 0.3) is 11.7 Å². The van der Waals surface area contributed by atoms with E-state index in [1.54, 1.807) is 22.5 Å². The molecule has 3 aromatic rings. The Balaban J connectivity index is 1.42. The van der Waals surface area contributed by atoms with Crippen molar-refractivity contribution in [1.29, 1.82) is 0 Å². The highest BCUT2D eigenvalue weighted by atomic mass is 16.2. The Kier molecular flexibility index (Phi) is 4.30. The van der Waals surface area contributed by atoms with Crippen molar-refractivity contribution in [1.82, 2.24) is 24.5 Å². The van der Waals surface area contributed by atoms with Crippen LogP contribution in [0.15, 0.2) is 36.8 Å². The number of amides is 2. The van der Waals surface area contributed by atoms with Crippen molar-refractivity contribution in [3.05, 3.63) is 53.6 Å². The van der Waals surface area contributed by atoms with Gasteiger partial charge in [0.05, 0.1) is 5.69 Å². The van der Waals surface area contributed by atoms with Gasteiger partial charge in [0.2, 0.25) is 5.91 Å². The molecule has 2 amide bonds. The van der Waals surface area contributed by atoms with E-state index in [-0.39, 0.29) is 17.2 Å². The first kappa shape index (κ1) is 18.7. The Morgan fingerprint density at radius 1 is 1.13 bits per heavy atom. The van der Waals surface area contributed by atoms with E-state index < -0.39 is 0 Å². The van der Waals surface area contributed by atoms with Gasteiger partial charge in [-0.25, -0.2) is 9.50 Å². The molecule has 2 aromatic heterocycles. The zero-order chi connectivity index (χ0) is 20.9. The Hall–Kier alpha value is -3.29. The maximum absolute atomic E-state index is 13.3. The molecule has 0 aliphatic carbocycles. The minimum absolute atomic E-state index is 0.0360. The Morgan fingerprint density at radius 2 is 2.00 bits per heavy atom. The molecule has 1 saturated heterocycles. The van der Waals surface area contributed by atoms with E-state index in [1.165, 1.54) is 6.33 Å². The van der Waals surface area contributed by atoms with Crippen LogP contribution in [-0.4, -0.2) is 55.9 Å². The number of carbonyl (C=O) groups excluding carboxylic acids is 2. The van der Waals surface area contributed by atoms with E-state index in [0.29, 0.717) is 24.4 Å². The van der Waals surface area contributed by atoms with Gasteiger partial charge >= 0.3 is 0 Å². The van der Waals surface area contributed by atoms with Crippen LogP contribution in [0.5, 0.6) is 0 Å². The topological polar surface area (TPSA) is 83.7 Å². The molecule has 1 unspecified atom stereocenters. The van der Waals surface area contributed by atoms with Crippen molar-refractivity contribution in [3.63, 3.8) is 0 Å². The second-order valence-corrected chi connectivity index (χ2v) is 8.46. The van der Waals surface area contributed by atoms with E-state index >= 15 is 0 Å². The number of benzene rings is 1. The van der Waals surface area contributed by atoms with Crippen LogP contribution in [0.4, 0.5) is 5.69 Å². The first-order valence-electron chi connectivity index (χ1n) is 10.3. The van der Waals surface area contributed by atoms with Gasteiger partial charge < -0.3 is 9.80 Å². The first-order chi connectivity index (χ1) is 14.5. The summed E-state index contributed by atoms with van der Waals surface area (Å²) in [4.78, 5) is 37.3. The lowest BCUT2D eigenvalue weighted by atomic mass is 9.78. The number of likely N-dealkylation sites (tertiary alicyclic amines) is 1. The number of anilines is 1. The molecule has 1 aromatic carbocycles. The van der Waals surface area contributed by atoms with Gasteiger partial charge in [0, 0.05) is 49.4 Å². The lowest BCUT2D eigenvalue weighted by Gasteiger charge is -2.40. The summed E-state index contributed by atoms with van der Waals surface area (Å²) in [5, 5.41) is 4.34. The number of rotatable bonds is 2. The van der Waals surface area contributed by atoms with Gasteiger partial charge in [-0.3, -0.25) is 9.59 Å². The van der Waals surface area contributed by atoms with Crippen LogP contribution in [0, 0.1) is 0 Å². The molecule has 0 spiro atoms. The number of nitrogens with zero attached hydrogens (tertiary/aromatic N) is 6. The van der Waals surface area contributed by atoms with Gasteiger partial charge in [0.15, 0.2) is 0 Å². The summed E-state index contributed by atoms with van der Waals surface area (Å²) in [6.45, 7) is 5.78. The third-order valence-electron chi connectivity index (χ3n) is 6.38. The molecular formula is C22H24N6O2. The standard InChI is InChI=1S/C22H24N6O2/c1-15(29)27-11-7-16-12-17(4-5-18(16)27)20(30)26-10-3-8-22(2,13-26)19-6-9-23-21-24-14-25-28(19)21/h4-6,9,12,14H,3,7-8,10-11,13H2,1-2H3. The number of carbonyl (C=O) groups is 2. The van der Waals surface area contributed by atoms with Crippen molar-refractivity contribution >= 4 is 23.3 Å². The molecule has 5 rings (SSSR count). The van der Waals surface area contributed by atoms with E-state index in [4.69, 9.17) is 0 Å². The molecule has 8 heteroatoms. The number of piperidine rings is 1. The van der Waals surface area contributed by atoms with Crippen molar-refractivity contribution in [3.8, 4) is 0 Å². The Labute approximate surface area is 174 Å². The summed E-state index contributed by atoms with van der Waals surface area (Å²) in [5.41, 5.74) is 3.46. The molecule has 0 radical (unpaired) electrons. The van der Waals surface area contributed by atoms with Crippen molar-refractivity contribution in [2.24, 2.45) is 0 Å². The second-order valence-electron chi connectivity index (χ2n) is 8.46. The molecule has 1 fully saturated rings. The number of fused-ring (bicyclic) bond motifs is 2. The smallest absolute Gasteiger partial charge is 0.253 e. The number of hydrogen-bond donors (Lipinski definition) is 0. The molecule has 0 N–H and O–H groups in total. The lowest BCUT2D eigenvalue weighted by molar-refractivity contribution is -0.116. The van der Waals surface area contributed by atoms with Gasteiger partial charge in [-0.2, -0.15) is 10.1 Å². The van der Waals surface area contributed by atoms with Crippen LogP contribution in [0.1, 0.15) is 48.3 Å². The van der Waals surface area contributed by atoms with Gasteiger partial charge in [-0.1, -0.05) is 6.92 Å². The second kappa shape index (κ2) is 6.90. The number of hydrogen-bond acceptors (Lipinski definition) is 5. The van der Waals surface area contributed by atoms with Crippen molar-refractivity contribution < 1.29 is 9.59 Å². The largest absolute Gasteiger partial charge is 0.338 e. The van der Waals surface area contributed by atoms with E-state index in [1.807, 2.05) is 29.2 Å². The van der Waals surface area contributed by atoms with Gasteiger partial charge in [-0.15, -0.1) is 0 Å². The summed E-state index contributed by atoms with van der Waals surface area (Å²) in [6.07, 6.45) is 5.94. The Morgan fingerprint density at radius 3 is 2.83 bits per heavy atom. The molecule has 2 aliphatic rings. The van der Waals surface area contributed by atoms with Crippen molar-refractivity contribution in [2.45, 2.75) is 38.5 Å².